The molecule has 1 saturated heterocycles. The minimum Gasteiger partial charge on any atom is -0.494 e. The molecule has 1 aliphatic rings. The van der Waals surface area contributed by atoms with Crippen LogP contribution >= 0.6 is 0 Å². The predicted molar refractivity (Wildman–Crippen MR) is 109 cm³/mol. The van der Waals surface area contributed by atoms with Crippen molar-refractivity contribution < 1.29 is 45.0 Å². The normalized spacial score (nSPS) is 15.5. The number of likely N-dealkylation sites (tertiary alicyclic amines) is 1. The standard InChI is InChI=1S/C21H21F4NO6S/c1-12(21(23,24)25)31-16-8-9-17(33(3,28)29)19(30-2)18(16)20(27)26-10-15(11-26)32-14-6-4-13(22)5-7-14/h4-9,12,15H,10-11H2,1-3H3/t12-/m1/s1. The summed E-state index contributed by atoms with van der Waals surface area (Å²) in [5.74, 6) is -1.70. The fraction of sp³-hybridized carbons (Fsp3) is 0.381. The molecule has 1 heterocycles. The molecule has 0 N–H and O–H groups in total. The summed E-state index contributed by atoms with van der Waals surface area (Å²) >= 11 is 0. The first-order valence-corrected chi connectivity index (χ1v) is 11.6. The zero-order valence-electron chi connectivity index (χ0n) is 17.8. The van der Waals surface area contributed by atoms with Crippen LogP contribution < -0.4 is 14.2 Å². The van der Waals surface area contributed by atoms with E-state index in [-0.39, 0.29) is 18.0 Å². The molecule has 0 bridgehead atoms. The van der Waals surface area contributed by atoms with Crippen LogP contribution in [-0.2, 0) is 9.84 Å². The van der Waals surface area contributed by atoms with Crippen LogP contribution in [0.25, 0.3) is 0 Å². The lowest BCUT2D eigenvalue weighted by Gasteiger charge is -2.39. The van der Waals surface area contributed by atoms with Crippen molar-refractivity contribution in [3.63, 3.8) is 0 Å². The molecule has 0 spiro atoms. The highest BCUT2D eigenvalue weighted by molar-refractivity contribution is 7.90. The molecule has 1 aliphatic heterocycles. The van der Waals surface area contributed by atoms with Crippen molar-refractivity contribution in [1.82, 2.24) is 4.90 Å². The molecule has 1 atom stereocenters. The molecule has 180 valence electrons. The zero-order chi connectivity index (χ0) is 24.6. The van der Waals surface area contributed by atoms with E-state index >= 15 is 0 Å². The summed E-state index contributed by atoms with van der Waals surface area (Å²) in [6, 6.07) is 7.29. The molecule has 1 fully saturated rings. The maximum Gasteiger partial charge on any atom is 0.425 e. The quantitative estimate of drug-likeness (QED) is 0.552. The molecule has 0 aromatic heterocycles. The van der Waals surface area contributed by atoms with Crippen LogP contribution in [0.2, 0.25) is 0 Å². The van der Waals surface area contributed by atoms with Crippen molar-refractivity contribution in [1.29, 1.82) is 0 Å². The smallest absolute Gasteiger partial charge is 0.425 e. The fourth-order valence-electron chi connectivity index (χ4n) is 3.14. The highest BCUT2D eigenvalue weighted by atomic mass is 32.2. The molecular formula is C21H21F4NO6S. The van der Waals surface area contributed by atoms with E-state index in [0.717, 1.165) is 32.4 Å². The van der Waals surface area contributed by atoms with Gasteiger partial charge in [0.05, 0.1) is 20.2 Å². The number of methoxy groups -OCH3 is 1. The Labute approximate surface area is 187 Å². The van der Waals surface area contributed by atoms with Gasteiger partial charge >= 0.3 is 6.18 Å². The van der Waals surface area contributed by atoms with Gasteiger partial charge in [-0.05, 0) is 43.3 Å². The molecule has 0 unspecified atom stereocenters. The molecule has 0 aliphatic carbocycles. The topological polar surface area (TPSA) is 82.1 Å². The second-order valence-corrected chi connectivity index (χ2v) is 9.43. The Balaban J connectivity index is 1.89. The third kappa shape index (κ3) is 5.49. The van der Waals surface area contributed by atoms with Gasteiger partial charge in [0.25, 0.3) is 5.91 Å². The lowest BCUT2D eigenvalue weighted by molar-refractivity contribution is -0.189. The Kier molecular flexibility index (Phi) is 6.78. The van der Waals surface area contributed by atoms with Crippen LogP contribution in [0, 0.1) is 5.82 Å². The zero-order valence-corrected chi connectivity index (χ0v) is 18.7. The Morgan fingerprint density at radius 3 is 2.24 bits per heavy atom. The third-order valence-corrected chi connectivity index (χ3v) is 6.04. The second kappa shape index (κ2) is 9.08. The van der Waals surface area contributed by atoms with Crippen LogP contribution in [0.1, 0.15) is 17.3 Å². The van der Waals surface area contributed by atoms with Crippen molar-refractivity contribution in [2.75, 3.05) is 26.5 Å². The van der Waals surface area contributed by atoms with E-state index in [9.17, 15) is 30.8 Å². The lowest BCUT2D eigenvalue weighted by Crippen LogP contribution is -2.56. The van der Waals surface area contributed by atoms with Crippen molar-refractivity contribution in [2.45, 2.75) is 30.2 Å². The van der Waals surface area contributed by atoms with E-state index in [0.29, 0.717) is 5.75 Å². The molecule has 3 rings (SSSR count). The first-order valence-electron chi connectivity index (χ1n) is 9.67. The highest BCUT2D eigenvalue weighted by Crippen LogP contribution is 2.38. The largest absolute Gasteiger partial charge is 0.494 e. The summed E-state index contributed by atoms with van der Waals surface area (Å²) in [4.78, 5) is 14.1. The summed E-state index contributed by atoms with van der Waals surface area (Å²) in [7, 11) is -2.77. The number of alkyl halides is 3. The Bertz CT molecular complexity index is 1130. The number of carbonyl (C=O) groups excluding carboxylic acids is 1. The van der Waals surface area contributed by atoms with Crippen LogP contribution in [0.15, 0.2) is 41.3 Å². The highest BCUT2D eigenvalue weighted by Gasteiger charge is 2.41. The Morgan fingerprint density at radius 1 is 1.12 bits per heavy atom. The number of rotatable bonds is 7. The monoisotopic (exact) mass is 491 g/mol. The van der Waals surface area contributed by atoms with Gasteiger partial charge in [-0.25, -0.2) is 12.8 Å². The van der Waals surface area contributed by atoms with Crippen molar-refractivity contribution in [3.05, 3.63) is 47.8 Å². The summed E-state index contributed by atoms with van der Waals surface area (Å²) in [6.45, 7) is 0.898. The lowest BCUT2D eigenvalue weighted by atomic mass is 10.1. The first-order chi connectivity index (χ1) is 15.3. The van der Waals surface area contributed by atoms with Gasteiger partial charge in [-0.3, -0.25) is 4.79 Å². The maximum absolute atomic E-state index is 13.2. The van der Waals surface area contributed by atoms with Gasteiger partial charge in [-0.1, -0.05) is 0 Å². The van der Waals surface area contributed by atoms with E-state index in [1.165, 1.54) is 29.2 Å². The van der Waals surface area contributed by atoms with Crippen molar-refractivity contribution >= 4 is 15.7 Å². The van der Waals surface area contributed by atoms with Gasteiger partial charge in [0, 0.05) is 6.26 Å². The van der Waals surface area contributed by atoms with Crippen LogP contribution in [0.3, 0.4) is 0 Å². The number of benzene rings is 2. The van der Waals surface area contributed by atoms with Gasteiger partial charge in [0.15, 0.2) is 21.7 Å². The van der Waals surface area contributed by atoms with Gasteiger partial charge < -0.3 is 19.1 Å². The number of sulfone groups is 1. The van der Waals surface area contributed by atoms with Crippen LogP contribution in [0.5, 0.6) is 17.2 Å². The van der Waals surface area contributed by atoms with E-state index in [1.807, 2.05) is 0 Å². The first kappa shape index (κ1) is 24.6. The number of ether oxygens (including phenoxy) is 3. The molecule has 2 aromatic rings. The Morgan fingerprint density at radius 2 is 1.73 bits per heavy atom. The average Bonchev–Trinajstić information content (AvgIpc) is 2.69. The molecule has 0 radical (unpaired) electrons. The van der Waals surface area contributed by atoms with Gasteiger partial charge in [-0.2, -0.15) is 13.2 Å². The van der Waals surface area contributed by atoms with Gasteiger partial charge in [-0.15, -0.1) is 0 Å². The van der Waals surface area contributed by atoms with Gasteiger partial charge in [0.1, 0.15) is 33.9 Å². The summed E-state index contributed by atoms with van der Waals surface area (Å²) in [6.07, 6.45) is -6.53. The minimum absolute atomic E-state index is 0.0662. The number of amides is 1. The summed E-state index contributed by atoms with van der Waals surface area (Å²) < 4.78 is 92.2. The number of hydrogen-bond acceptors (Lipinski definition) is 6. The summed E-state index contributed by atoms with van der Waals surface area (Å²) in [5, 5.41) is 0. The second-order valence-electron chi connectivity index (χ2n) is 7.45. The van der Waals surface area contributed by atoms with Gasteiger partial charge in [0.2, 0.25) is 0 Å². The van der Waals surface area contributed by atoms with E-state index < -0.39 is 57.0 Å². The predicted octanol–water partition coefficient (Wildman–Crippen LogP) is 3.47. The number of nitrogens with zero attached hydrogens (tertiary/aromatic N) is 1. The SMILES string of the molecule is COc1c(S(C)(=O)=O)ccc(O[C@H](C)C(F)(F)F)c1C(=O)N1CC(Oc2ccc(F)cc2)C1. The number of halogens is 4. The van der Waals surface area contributed by atoms with E-state index in [1.54, 1.807) is 0 Å². The van der Waals surface area contributed by atoms with Crippen LogP contribution in [-0.4, -0.2) is 64.1 Å². The van der Waals surface area contributed by atoms with Crippen molar-refractivity contribution in [2.24, 2.45) is 0 Å². The maximum atomic E-state index is 13.2. The minimum atomic E-state index is -4.71. The van der Waals surface area contributed by atoms with Crippen LogP contribution in [0.4, 0.5) is 17.6 Å². The molecular weight excluding hydrogens is 470 g/mol. The number of carbonyl (C=O) groups is 1. The Hall–Kier alpha value is -3.02. The third-order valence-electron chi connectivity index (χ3n) is 4.92. The number of hydrogen-bond donors (Lipinski definition) is 0. The van der Waals surface area contributed by atoms with E-state index in [4.69, 9.17) is 14.2 Å². The molecule has 12 heteroatoms. The average molecular weight is 491 g/mol. The molecule has 2 aromatic carbocycles. The van der Waals surface area contributed by atoms with E-state index in [2.05, 4.69) is 0 Å². The summed E-state index contributed by atoms with van der Waals surface area (Å²) in [5.41, 5.74) is -0.434. The van der Waals surface area contributed by atoms with Crippen molar-refractivity contribution in [3.8, 4) is 17.2 Å². The molecule has 1 amide bonds. The fourth-order valence-corrected chi connectivity index (χ4v) is 3.98. The molecule has 33 heavy (non-hydrogen) atoms. The molecule has 0 saturated carbocycles. The molecule has 7 nitrogen and oxygen atoms in total.